The standard InChI is InChI=1S/C11H24N2O/c1-10(2)5-4-6-11(10,9-12)13-7-8-14-3/h13H,4-9,12H2,1-3H3. The van der Waals surface area contributed by atoms with Gasteiger partial charge in [0.05, 0.1) is 6.61 Å². The van der Waals surface area contributed by atoms with E-state index in [0.29, 0.717) is 5.41 Å². The van der Waals surface area contributed by atoms with Crippen molar-refractivity contribution in [1.29, 1.82) is 0 Å². The van der Waals surface area contributed by atoms with Gasteiger partial charge in [-0.25, -0.2) is 0 Å². The molecule has 1 unspecified atom stereocenters. The molecule has 1 fully saturated rings. The van der Waals surface area contributed by atoms with Crippen molar-refractivity contribution < 1.29 is 4.74 Å². The van der Waals surface area contributed by atoms with Gasteiger partial charge in [-0.3, -0.25) is 0 Å². The van der Waals surface area contributed by atoms with Crippen molar-refractivity contribution in [3.8, 4) is 0 Å². The van der Waals surface area contributed by atoms with Crippen LogP contribution in [0, 0.1) is 5.41 Å². The molecule has 0 spiro atoms. The molecular formula is C11H24N2O. The van der Waals surface area contributed by atoms with Crippen LogP contribution in [0.4, 0.5) is 0 Å². The highest BCUT2D eigenvalue weighted by atomic mass is 16.5. The first-order valence-corrected chi connectivity index (χ1v) is 5.52. The Morgan fingerprint density at radius 1 is 1.36 bits per heavy atom. The van der Waals surface area contributed by atoms with Crippen LogP contribution >= 0.6 is 0 Å². The van der Waals surface area contributed by atoms with E-state index in [4.69, 9.17) is 10.5 Å². The number of rotatable bonds is 5. The van der Waals surface area contributed by atoms with Crippen LogP contribution in [0.3, 0.4) is 0 Å². The molecule has 0 aromatic carbocycles. The molecule has 3 heteroatoms. The van der Waals surface area contributed by atoms with Crippen molar-refractivity contribution in [2.24, 2.45) is 11.1 Å². The van der Waals surface area contributed by atoms with Crippen LogP contribution in [0.15, 0.2) is 0 Å². The fourth-order valence-corrected chi connectivity index (χ4v) is 2.58. The summed E-state index contributed by atoms with van der Waals surface area (Å²) in [4.78, 5) is 0. The average molecular weight is 200 g/mol. The molecule has 1 aliphatic rings. The summed E-state index contributed by atoms with van der Waals surface area (Å²) in [6, 6.07) is 0. The second-order valence-corrected chi connectivity index (χ2v) is 4.94. The summed E-state index contributed by atoms with van der Waals surface area (Å²) in [6.45, 7) is 7.01. The van der Waals surface area contributed by atoms with Crippen molar-refractivity contribution in [3.05, 3.63) is 0 Å². The average Bonchev–Trinajstić information content (AvgIpc) is 2.43. The zero-order valence-electron chi connectivity index (χ0n) is 9.73. The zero-order valence-corrected chi connectivity index (χ0v) is 9.73. The van der Waals surface area contributed by atoms with Gasteiger partial charge in [0.2, 0.25) is 0 Å². The lowest BCUT2D eigenvalue weighted by atomic mass is 9.75. The SMILES string of the molecule is COCCNC1(CN)CCCC1(C)C. The number of hydrogen-bond acceptors (Lipinski definition) is 3. The summed E-state index contributed by atoms with van der Waals surface area (Å²) in [5, 5.41) is 3.59. The molecule has 14 heavy (non-hydrogen) atoms. The Hall–Kier alpha value is -0.120. The Morgan fingerprint density at radius 2 is 2.07 bits per heavy atom. The van der Waals surface area contributed by atoms with Gasteiger partial charge in [0.15, 0.2) is 0 Å². The third-order valence-corrected chi connectivity index (χ3v) is 3.82. The van der Waals surface area contributed by atoms with Crippen molar-refractivity contribution >= 4 is 0 Å². The first kappa shape index (κ1) is 12.0. The number of nitrogens with one attached hydrogen (secondary N) is 1. The van der Waals surface area contributed by atoms with Gasteiger partial charge in [0.25, 0.3) is 0 Å². The van der Waals surface area contributed by atoms with Crippen LogP contribution in [0.2, 0.25) is 0 Å². The molecule has 0 saturated heterocycles. The lowest BCUT2D eigenvalue weighted by Crippen LogP contribution is -2.58. The summed E-state index contributed by atoms with van der Waals surface area (Å²) in [7, 11) is 1.73. The Morgan fingerprint density at radius 3 is 2.50 bits per heavy atom. The molecule has 3 nitrogen and oxygen atoms in total. The van der Waals surface area contributed by atoms with Crippen molar-refractivity contribution in [2.75, 3.05) is 26.8 Å². The van der Waals surface area contributed by atoms with E-state index in [9.17, 15) is 0 Å². The van der Waals surface area contributed by atoms with E-state index in [2.05, 4.69) is 19.2 Å². The minimum Gasteiger partial charge on any atom is -0.383 e. The third-order valence-electron chi connectivity index (χ3n) is 3.82. The van der Waals surface area contributed by atoms with E-state index in [0.717, 1.165) is 19.7 Å². The van der Waals surface area contributed by atoms with Crippen LogP contribution in [0.25, 0.3) is 0 Å². The van der Waals surface area contributed by atoms with E-state index >= 15 is 0 Å². The zero-order chi connectivity index (χ0) is 10.7. The lowest BCUT2D eigenvalue weighted by molar-refractivity contribution is 0.136. The fourth-order valence-electron chi connectivity index (χ4n) is 2.58. The number of nitrogens with two attached hydrogens (primary N) is 1. The third kappa shape index (κ3) is 2.10. The predicted molar refractivity (Wildman–Crippen MR) is 59.3 cm³/mol. The molecule has 0 radical (unpaired) electrons. The molecule has 1 saturated carbocycles. The van der Waals surface area contributed by atoms with Crippen LogP contribution in [-0.2, 0) is 4.74 Å². The van der Waals surface area contributed by atoms with Crippen LogP contribution < -0.4 is 11.1 Å². The number of methoxy groups -OCH3 is 1. The van der Waals surface area contributed by atoms with Crippen molar-refractivity contribution in [2.45, 2.75) is 38.6 Å². The van der Waals surface area contributed by atoms with Crippen LogP contribution in [0.5, 0.6) is 0 Å². The van der Waals surface area contributed by atoms with Gasteiger partial charge in [-0.2, -0.15) is 0 Å². The summed E-state index contributed by atoms with van der Waals surface area (Å²) in [5.41, 5.74) is 6.37. The van der Waals surface area contributed by atoms with Gasteiger partial charge in [0, 0.05) is 25.7 Å². The van der Waals surface area contributed by atoms with Crippen molar-refractivity contribution in [3.63, 3.8) is 0 Å². The molecule has 0 aromatic heterocycles. The normalized spacial score (nSPS) is 30.9. The maximum Gasteiger partial charge on any atom is 0.0587 e. The summed E-state index contributed by atoms with van der Waals surface area (Å²) in [5.74, 6) is 0. The molecule has 0 aliphatic heterocycles. The minimum absolute atomic E-state index is 0.130. The molecule has 3 N–H and O–H groups in total. The Labute approximate surface area is 87.4 Å². The van der Waals surface area contributed by atoms with Crippen molar-refractivity contribution in [1.82, 2.24) is 5.32 Å². The quantitative estimate of drug-likeness (QED) is 0.654. The molecule has 1 atom stereocenters. The summed E-state index contributed by atoms with van der Waals surface area (Å²) >= 11 is 0. The lowest BCUT2D eigenvalue weighted by Gasteiger charge is -2.41. The Kier molecular flexibility index (Phi) is 3.93. The van der Waals surface area contributed by atoms with Gasteiger partial charge >= 0.3 is 0 Å². The molecule has 0 heterocycles. The Bertz CT molecular complexity index is 182. The van der Waals surface area contributed by atoms with Gasteiger partial charge in [-0.1, -0.05) is 20.3 Å². The second-order valence-electron chi connectivity index (χ2n) is 4.94. The molecular weight excluding hydrogens is 176 g/mol. The summed E-state index contributed by atoms with van der Waals surface area (Å²) in [6.07, 6.45) is 3.74. The molecule has 0 amide bonds. The monoisotopic (exact) mass is 200 g/mol. The highest BCUT2D eigenvalue weighted by Crippen LogP contribution is 2.45. The summed E-state index contributed by atoms with van der Waals surface area (Å²) < 4.78 is 5.06. The Balaban J connectivity index is 2.56. The smallest absolute Gasteiger partial charge is 0.0587 e. The van der Waals surface area contributed by atoms with E-state index in [1.165, 1.54) is 19.3 Å². The van der Waals surface area contributed by atoms with Gasteiger partial charge in [-0.05, 0) is 18.3 Å². The first-order valence-electron chi connectivity index (χ1n) is 5.52. The molecule has 0 bridgehead atoms. The number of hydrogen-bond donors (Lipinski definition) is 2. The molecule has 0 aromatic rings. The van der Waals surface area contributed by atoms with Gasteiger partial charge in [0.1, 0.15) is 0 Å². The van der Waals surface area contributed by atoms with E-state index in [1.54, 1.807) is 7.11 Å². The predicted octanol–water partition coefficient (Wildman–Crippen LogP) is 1.13. The van der Waals surface area contributed by atoms with Crippen LogP contribution in [-0.4, -0.2) is 32.3 Å². The molecule has 1 aliphatic carbocycles. The topological polar surface area (TPSA) is 47.3 Å². The highest BCUT2D eigenvalue weighted by Gasteiger charge is 2.47. The minimum atomic E-state index is 0.130. The second kappa shape index (κ2) is 4.60. The maximum atomic E-state index is 5.92. The van der Waals surface area contributed by atoms with Gasteiger partial charge < -0.3 is 15.8 Å². The van der Waals surface area contributed by atoms with Crippen LogP contribution in [0.1, 0.15) is 33.1 Å². The molecule has 84 valence electrons. The highest BCUT2D eigenvalue weighted by molar-refractivity contribution is 5.05. The maximum absolute atomic E-state index is 5.92. The van der Waals surface area contributed by atoms with Gasteiger partial charge in [-0.15, -0.1) is 0 Å². The molecule has 1 rings (SSSR count). The first-order chi connectivity index (χ1) is 6.58. The number of ether oxygens (including phenoxy) is 1. The van der Waals surface area contributed by atoms with E-state index in [1.807, 2.05) is 0 Å². The van der Waals surface area contributed by atoms with E-state index < -0.39 is 0 Å². The fraction of sp³-hybridized carbons (Fsp3) is 1.00. The van der Waals surface area contributed by atoms with E-state index in [-0.39, 0.29) is 5.54 Å². The largest absolute Gasteiger partial charge is 0.383 e.